The summed E-state index contributed by atoms with van der Waals surface area (Å²) in [5.74, 6) is 0.137. The smallest absolute Gasteiger partial charge is 0.235 e. The Morgan fingerprint density at radius 3 is 2.77 bits per heavy atom. The predicted octanol–water partition coefficient (Wildman–Crippen LogP) is 4.74. The second-order valence-corrected chi connectivity index (χ2v) is 6.40. The Kier molecular flexibility index (Phi) is 5.37. The zero-order valence-corrected chi connectivity index (χ0v) is 14.3. The van der Waals surface area contributed by atoms with Crippen LogP contribution < -0.4 is 0 Å². The number of nitrogens with zero attached hydrogens (tertiary/aromatic N) is 2. The molecule has 0 spiro atoms. The zero-order chi connectivity index (χ0) is 14.8. The van der Waals surface area contributed by atoms with Gasteiger partial charge in [-0.25, -0.2) is 4.98 Å². The van der Waals surface area contributed by atoms with Crippen molar-refractivity contribution in [3.63, 3.8) is 0 Å². The highest BCUT2D eigenvalue weighted by Crippen LogP contribution is 2.32. The molecule has 1 unspecified atom stereocenters. The lowest BCUT2D eigenvalue weighted by Gasteiger charge is -2.13. The summed E-state index contributed by atoms with van der Waals surface area (Å²) in [6.07, 6.45) is 6.60. The van der Waals surface area contributed by atoms with Crippen LogP contribution in [0.5, 0.6) is 0 Å². The van der Waals surface area contributed by atoms with Crippen molar-refractivity contribution in [3.05, 3.63) is 53.4 Å². The molecule has 0 radical (unpaired) electrons. The summed E-state index contributed by atoms with van der Waals surface area (Å²) in [6.45, 7) is 4.23. The average molecular weight is 335 g/mol. The van der Waals surface area contributed by atoms with E-state index in [2.05, 4.69) is 43.1 Å². The van der Waals surface area contributed by atoms with E-state index in [0.29, 0.717) is 0 Å². The maximum absolute atomic E-state index is 12.5. The Morgan fingerprint density at radius 1 is 1.36 bits per heavy atom. The van der Waals surface area contributed by atoms with Gasteiger partial charge in [-0.1, -0.05) is 25.1 Å². The monoisotopic (exact) mass is 334 g/mol. The van der Waals surface area contributed by atoms with E-state index in [9.17, 15) is 4.79 Å². The van der Waals surface area contributed by atoms with Crippen LogP contribution in [0.1, 0.15) is 28.6 Å². The second kappa shape index (κ2) is 7.07. The van der Waals surface area contributed by atoms with Gasteiger partial charge in [0, 0.05) is 27.9 Å². The summed E-state index contributed by atoms with van der Waals surface area (Å²) in [5.41, 5.74) is 1.31. The fraction of sp³-hybridized carbons (Fsp3) is 0.294. The van der Waals surface area contributed by atoms with Crippen LogP contribution in [0.3, 0.4) is 0 Å². The number of carbonyl (C=O) groups excluding carboxylic acids is 1. The molecule has 2 aromatic heterocycles. The van der Waals surface area contributed by atoms with Crippen LogP contribution in [0.2, 0.25) is 0 Å². The maximum atomic E-state index is 12.5. The first kappa shape index (κ1) is 16.7. The van der Waals surface area contributed by atoms with Crippen molar-refractivity contribution in [2.75, 3.05) is 0 Å². The highest BCUT2D eigenvalue weighted by molar-refractivity contribution is 7.19. The van der Waals surface area contributed by atoms with Crippen LogP contribution in [-0.2, 0) is 6.42 Å². The maximum Gasteiger partial charge on any atom is 0.235 e. The first-order valence-electron chi connectivity index (χ1n) is 7.20. The van der Waals surface area contributed by atoms with Crippen LogP contribution in [0.4, 0.5) is 0 Å². The standard InChI is InChI=1S/C17H18N2OS.ClH/c1-3-13(17(20)19-9-8-18-11-19)10-16-12(2)14-6-4-5-7-15(14)21-16;/h4-9,11,13H,3,10H2,1-2H3;1H. The Bertz CT molecular complexity index is 764. The second-order valence-electron chi connectivity index (χ2n) is 5.26. The van der Waals surface area contributed by atoms with Gasteiger partial charge in [-0.05, 0) is 36.8 Å². The molecule has 0 aliphatic rings. The molecular weight excluding hydrogens is 316 g/mol. The molecule has 116 valence electrons. The molecule has 0 aliphatic heterocycles. The minimum Gasteiger partial charge on any atom is -0.276 e. The summed E-state index contributed by atoms with van der Waals surface area (Å²) in [6, 6.07) is 8.44. The number of aromatic nitrogens is 2. The molecule has 0 saturated heterocycles. The van der Waals surface area contributed by atoms with E-state index >= 15 is 0 Å². The van der Waals surface area contributed by atoms with E-state index in [0.717, 1.165) is 12.8 Å². The molecule has 1 atom stereocenters. The molecule has 5 heteroatoms. The molecule has 0 aliphatic carbocycles. The van der Waals surface area contributed by atoms with Crippen LogP contribution in [-0.4, -0.2) is 15.5 Å². The molecule has 3 nitrogen and oxygen atoms in total. The summed E-state index contributed by atoms with van der Waals surface area (Å²) < 4.78 is 2.89. The van der Waals surface area contributed by atoms with Gasteiger partial charge in [-0.2, -0.15) is 0 Å². The van der Waals surface area contributed by atoms with Crippen LogP contribution in [0.25, 0.3) is 10.1 Å². The number of benzene rings is 1. The van der Waals surface area contributed by atoms with E-state index in [1.807, 2.05) is 0 Å². The number of carbonyl (C=O) groups is 1. The molecule has 3 rings (SSSR count). The van der Waals surface area contributed by atoms with Crippen molar-refractivity contribution in [3.8, 4) is 0 Å². The third-order valence-corrected chi connectivity index (χ3v) is 5.27. The molecular formula is C17H19ClN2OS. The molecule has 0 amide bonds. The molecule has 0 bridgehead atoms. The zero-order valence-electron chi connectivity index (χ0n) is 12.7. The molecule has 2 heterocycles. The first-order valence-corrected chi connectivity index (χ1v) is 8.01. The molecule has 22 heavy (non-hydrogen) atoms. The lowest BCUT2D eigenvalue weighted by atomic mass is 9.98. The van der Waals surface area contributed by atoms with Gasteiger partial charge in [0.05, 0.1) is 0 Å². The summed E-state index contributed by atoms with van der Waals surface area (Å²) in [5, 5.41) is 1.31. The number of fused-ring (bicyclic) bond motifs is 1. The fourth-order valence-electron chi connectivity index (χ4n) is 2.65. The van der Waals surface area contributed by atoms with Gasteiger partial charge < -0.3 is 0 Å². The lowest BCUT2D eigenvalue weighted by Crippen LogP contribution is -2.22. The minimum atomic E-state index is 0. The van der Waals surface area contributed by atoms with Gasteiger partial charge in [-0.3, -0.25) is 9.36 Å². The SMILES string of the molecule is CCC(Cc1sc2ccccc2c1C)C(=O)n1ccnc1.Cl. The van der Waals surface area contributed by atoms with Crippen LogP contribution in [0, 0.1) is 12.8 Å². The van der Waals surface area contributed by atoms with Crippen molar-refractivity contribution in [2.24, 2.45) is 5.92 Å². The van der Waals surface area contributed by atoms with E-state index in [1.54, 1.807) is 34.6 Å². The van der Waals surface area contributed by atoms with E-state index in [4.69, 9.17) is 0 Å². The largest absolute Gasteiger partial charge is 0.276 e. The number of hydrogen-bond acceptors (Lipinski definition) is 3. The summed E-state index contributed by atoms with van der Waals surface area (Å²) >= 11 is 1.81. The van der Waals surface area contributed by atoms with Crippen molar-refractivity contribution in [1.29, 1.82) is 0 Å². The summed E-state index contributed by atoms with van der Waals surface area (Å²) in [4.78, 5) is 17.8. The first-order chi connectivity index (χ1) is 10.2. The Morgan fingerprint density at radius 2 is 2.14 bits per heavy atom. The quantitative estimate of drug-likeness (QED) is 0.691. The van der Waals surface area contributed by atoms with Crippen LogP contribution in [0.15, 0.2) is 43.0 Å². The fourth-order valence-corrected chi connectivity index (χ4v) is 3.94. The van der Waals surface area contributed by atoms with Gasteiger partial charge in [0.2, 0.25) is 5.91 Å². The van der Waals surface area contributed by atoms with Crippen molar-refractivity contribution in [2.45, 2.75) is 26.7 Å². The minimum absolute atomic E-state index is 0. The van der Waals surface area contributed by atoms with Crippen molar-refractivity contribution < 1.29 is 4.79 Å². The highest BCUT2D eigenvalue weighted by atomic mass is 35.5. The van der Waals surface area contributed by atoms with Gasteiger partial charge in [-0.15, -0.1) is 23.7 Å². The van der Waals surface area contributed by atoms with Crippen LogP contribution >= 0.6 is 23.7 Å². The Labute approximate surface area is 140 Å². The van der Waals surface area contributed by atoms with E-state index < -0.39 is 0 Å². The normalized spacial score (nSPS) is 12.1. The molecule has 3 aromatic rings. The topological polar surface area (TPSA) is 34.9 Å². The lowest BCUT2D eigenvalue weighted by molar-refractivity contribution is 0.0830. The van der Waals surface area contributed by atoms with Gasteiger partial charge in [0.1, 0.15) is 6.33 Å². The predicted molar refractivity (Wildman–Crippen MR) is 94.1 cm³/mol. The van der Waals surface area contributed by atoms with Gasteiger partial charge >= 0.3 is 0 Å². The Balaban J connectivity index is 0.00000176. The number of rotatable bonds is 4. The van der Waals surface area contributed by atoms with Gasteiger partial charge in [0.15, 0.2) is 0 Å². The molecule has 0 fully saturated rings. The van der Waals surface area contributed by atoms with E-state index in [-0.39, 0.29) is 24.2 Å². The summed E-state index contributed by atoms with van der Waals surface area (Å²) in [7, 11) is 0. The average Bonchev–Trinajstić information content (AvgIpc) is 3.13. The number of imidazole rings is 1. The number of halogens is 1. The molecule has 1 aromatic carbocycles. The number of thiophene rings is 1. The number of aryl methyl sites for hydroxylation is 1. The van der Waals surface area contributed by atoms with E-state index in [1.165, 1.54) is 20.5 Å². The van der Waals surface area contributed by atoms with Crippen molar-refractivity contribution >= 4 is 39.7 Å². The molecule has 0 saturated carbocycles. The third kappa shape index (κ3) is 3.08. The highest BCUT2D eigenvalue weighted by Gasteiger charge is 2.21. The van der Waals surface area contributed by atoms with Gasteiger partial charge in [0.25, 0.3) is 0 Å². The number of hydrogen-bond donors (Lipinski definition) is 0. The molecule has 0 N–H and O–H groups in total. The third-order valence-electron chi connectivity index (χ3n) is 3.98. The Hall–Kier alpha value is -1.65. The van der Waals surface area contributed by atoms with Crippen molar-refractivity contribution in [1.82, 2.24) is 9.55 Å².